The van der Waals surface area contributed by atoms with Gasteiger partial charge in [-0.05, 0) is 54.7 Å². The van der Waals surface area contributed by atoms with Crippen molar-refractivity contribution in [2.45, 2.75) is 19.5 Å². The van der Waals surface area contributed by atoms with E-state index in [0.29, 0.717) is 22.3 Å². The summed E-state index contributed by atoms with van der Waals surface area (Å²) in [6.45, 7) is 0.894. The fraction of sp³-hybridized carbons (Fsp3) is 0.476. The van der Waals surface area contributed by atoms with Gasteiger partial charge < -0.3 is 0 Å². The third-order valence-corrected chi connectivity index (χ3v) is 7.40. The van der Waals surface area contributed by atoms with Gasteiger partial charge in [0.2, 0.25) is 11.8 Å². The summed E-state index contributed by atoms with van der Waals surface area (Å²) in [5, 5.41) is 0.183. The second-order valence-electron chi connectivity index (χ2n) is 8.56. The molecule has 1 saturated heterocycles. The summed E-state index contributed by atoms with van der Waals surface area (Å²) < 4.78 is 39.9. The smallest absolute Gasteiger partial charge is 0.286 e. The number of hydrogen-bond donors (Lipinski definition) is 0. The van der Waals surface area contributed by atoms with Crippen molar-refractivity contribution in [3.05, 3.63) is 40.9 Å². The minimum atomic E-state index is -5.17. The number of carbonyl (C=O) groups excluding carboxylic acids is 3. The molecule has 0 N–H and O–H groups in total. The van der Waals surface area contributed by atoms with Crippen LogP contribution in [0.4, 0.5) is 18.9 Å². The molecule has 0 unspecified atom stereocenters. The van der Waals surface area contributed by atoms with E-state index in [2.05, 4.69) is 0 Å². The van der Waals surface area contributed by atoms with Crippen LogP contribution in [0.1, 0.15) is 12.0 Å². The normalized spacial score (nSPS) is 33.6. The van der Waals surface area contributed by atoms with Crippen LogP contribution in [0.25, 0.3) is 0 Å². The SMILES string of the molecule is Cc1ccc(N(CN2C(=O)[C@@H]3[C@@H]4C=C[C@H]([C@H]5C[C@H]45)[C@@H]3C2=O)C(=O)C(F)(F)F)cc1Cl. The van der Waals surface area contributed by atoms with Gasteiger partial charge in [-0.1, -0.05) is 29.8 Å². The molecule has 0 radical (unpaired) electrons. The Morgan fingerprint density at radius 2 is 1.70 bits per heavy atom. The molecular formula is C21H18ClF3N2O3. The third kappa shape index (κ3) is 2.72. The summed E-state index contributed by atoms with van der Waals surface area (Å²) in [6.07, 6.45) is -0.227. The number of anilines is 1. The lowest BCUT2D eigenvalue weighted by atomic mass is 9.63. The van der Waals surface area contributed by atoms with E-state index in [0.717, 1.165) is 11.3 Å². The molecule has 5 aliphatic rings. The summed E-state index contributed by atoms with van der Waals surface area (Å²) in [4.78, 5) is 39.6. The average Bonchev–Trinajstić information content (AvgIpc) is 3.47. The van der Waals surface area contributed by atoms with Crippen LogP contribution in [0.5, 0.6) is 0 Å². The third-order valence-electron chi connectivity index (χ3n) is 6.99. The van der Waals surface area contributed by atoms with Gasteiger partial charge in [0, 0.05) is 10.7 Å². The Morgan fingerprint density at radius 3 is 2.20 bits per heavy atom. The van der Waals surface area contributed by atoms with Crippen molar-refractivity contribution in [1.29, 1.82) is 0 Å². The van der Waals surface area contributed by atoms with E-state index in [1.807, 2.05) is 12.2 Å². The first-order valence-electron chi connectivity index (χ1n) is 9.78. The van der Waals surface area contributed by atoms with Gasteiger partial charge in [0.15, 0.2) is 0 Å². The molecule has 30 heavy (non-hydrogen) atoms. The predicted octanol–water partition coefficient (Wildman–Crippen LogP) is 3.55. The highest BCUT2D eigenvalue weighted by Crippen LogP contribution is 2.65. The molecule has 6 rings (SSSR count). The summed E-state index contributed by atoms with van der Waals surface area (Å²) in [6, 6.07) is 4.04. The number of imide groups is 1. The molecule has 3 amide bonds. The number of aryl methyl sites for hydroxylation is 1. The number of likely N-dealkylation sites (tertiary alicyclic amines) is 1. The van der Waals surface area contributed by atoms with Gasteiger partial charge in [-0.2, -0.15) is 13.2 Å². The molecule has 3 fully saturated rings. The Balaban J connectivity index is 1.48. The quantitative estimate of drug-likeness (QED) is 0.535. The van der Waals surface area contributed by atoms with Crippen LogP contribution in [-0.2, 0) is 14.4 Å². The van der Waals surface area contributed by atoms with E-state index >= 15 is 0 Å². The summed E-state index contributed by atoms with van der Waals surface area (Å²) in [5.41, 5.74) is 0.508. The Kier molecular flexibility index (Phi) is 4.13. The van der Waals surface area contributed by atoms with Crippen LogP contribution in [0.2, 0.25) is 5.02 Å². The summed E-state index contributed by atoms with van der Waals surface area (Å²) >= 11 is 6.04. The maximum absolute atomic E-state index is 13.3. The zero-order valence-corrected chi connectivity index (χ0v) is 16.7. The zero-order valence-electron chi connectivity index (χ0n) is 15.9. The van der Waals surface area contributed by atoms with Gasteiger partial charge in [-0.15, -0.1) is 0 Å². The molecule has 1 aromatic rings. The number of halogens is 4. The van der Waals surface area contributed by atoms with Gasteiger partial charge in [-0.3, -0.25) is 24.2 Å². The minimum Gasteiger partial charge on any atom is -0.286 e. The summed E-state index contributed by atoms with van der Waals surface area (Å²) in [5.74, 6) is -3.56. The van der Waals surface area contributed by atoms with Crippen molar-refractivity contribution in [3.63, 3.8) is 0 Å². The highest BCUT2D eigenvalue weighted by atomic mass is 35.5. The molecule has 1 aliphatic heterocycles. The number of rotatable bonds is 3. The number of benzene rings is 1. The Hall–Kier alpha value is -2.35. The van der Waals surface area contributed by atoms with Crippen molar-refractivity contribution < 1.29 is 27.6 Å². The van der Waals surface area contributed by atoms with Crippen molar-refractivity contribution in [1.82, 2.24) is 4.90 Å². The van der Waals surface area contributed by atoms with E-state index < -0.39 is 42.4 Å². The number of carbonyl (C=O) groups is 3. The van der Waals surface area contributed by atoms with Gasteiger partial charge in [-0.25, -0.2) is 0 Å². The van der Waals surface area contributed by atoms with Crippen LogP contribution < -0.4 is 4.90 Å². The first kappa shape index (κ1) is 19.6. The second kappa shape index (κ2) is 6.33. The van der Waals surface area contributed by atoms with Crippen molar-refractivity contribution in [2.75, 3.05) is 11.6 Å². The molecule has 2 saturated carbocycles. The van der Waals surface area contributed by atoms with Crippen molar-refractivity contribution >= 4 is 35.0 Å². The predicted molar refractivity (Wildman–Crippen MR) is 101 cm³/mol. The topological polar surface area (TPSA) is 57.7 Å². The molecular weight excluding hydrogens is 421 g/mol. The molecule has 4 aliphatic carbocycles. The monoisotopic (exact) mass is 438 g/mol. The standard InChI is InChI=1S/C21H18ClF3N2O3/c1-9-2-3-10(6-15(9)22)26(20(30)21(23,24)25)8-27-18(28)16-11-4-5-12(14-7-13(11)14)17(16)19(27)29/h2-6,11-14,16-17H,7-8H2,1H3/t11-,12-,13-,14-,16-,17+/m1/s1. The number of allylic oxidation sites excluding steroid dienone is 2. The average molecular weight is 439 g/mol. The molecule has 158 valence electrons. The molecule has 1 aromatic carbocycles. The molecule has 5 nitrogen and oxygen atoms in total. The lowest BCUT2D eigenvalue weighted by Gasteiger charge is -2.37. The molecule has 2 bridgehead atoms. The van der Waals surface area contributed by atoms with Crippen LogP contribution >= 0.6 is 11.6 Å². The fourth-order valence-corrected chi connectivity index (χ4v) is 5.64. The second-order valence-corrected chi connectivity index (χ2v) is 8.97. The first-order valence-corrected chi connectivity index (χ1v) is 10.2. The van der Waals surface area contributed by atoms with E-state index in [9.17, 15) is 27.6 Å². The van der Waals surface area contributed by atoms with Gasteiger partial charge in [0.1, 0.15) is 6.67 Å². The molecule has 1 heterocycles. The Labute approximate surface area is 175 Å². The number of nitrogens with zero attached hydrogens (tertiary/aromatic N) is 2. The maximum Gasteiger partial charge on any atom is 0.471 e. The van der Waals surface area contributed by atoms with Gasteiger partial charge in [0.05, 0.1) is 11.8 Å². The van der Waals surface area contributed by atoms with Crippen LogP contribution in [0, 0.1) is 42.4 Å². The molecule has 6 atom stereocenters. The van der Waals surface area contributed by atoms with Crippen LogP contribution in [0.3, 0.4) is 0 Å². The van der Waals surface area contributed by atoms with Crippen LogP contribution in [-0.4, -0.2) is 35.5 Å². The van der Waals surface area contributed by atoms with Crippen molar-refractivity contribution in [2.24, 2.45) is 35.5 Å². The Bertz CT molecular complexity index is 972. The van der Waals surface area contributed by atoms with Crippen molar-refractivity contribution in [3.8, 4) is 0 Å². The fourth-order valence-electron chi connectivity index (χ4n) is 5.47. The van der Waals surface area contributed by atoms with E-state index in [4.69, 9.17) is 11.6 Å². The number of amides is 3. The molecule has 0 aromatic heterocycles. The maximum atomic E-state index is 13.3. The summed E-state index contributed by atoms with van der Waals surface area (Å²) in [7, 11) is 0. The highest BCUT2D eigenvalue weighted by molar-refractivity contribution is 6.31. The minimum absolute atomic E-state index is 0.0490. The number of hydrogen-bond acceptors (Lipinski definition) is 3. The first-order chi connectivity index (χ1) is 14.1. The van der Waals surface area contributed by atoms with E-state index in [-0.39, 0.29) is 22.5 Å². The largest absolute Gasteiger partial charge is 0.471 e. The lowest BCUT2D eigenvalue weighted by molar-refractivity contribution is -0.171. The zero-order chi connectivity index (χ0) is 21.5. The van der Waals surface area contributed by atoms with E-state index in [1.54, 1.807) is 6.92 Å². The van der Waals surface area contributed by atoms with Gasteiger partial charge in [0.25, 0.3) is 0 Å². The number of alkyl halides is 3. The van der Waals surface area contributed by atoms with Crippen LogP contribution in [0.15, 0.2) is 30.4 Å². The highest BCUT2D eigenvalue weighted by Gasteiger charge is 2.67. The van der Waals surface area contributed by atoms with E-state index in [1.165, 1.54) is 18.2 Å². The Morgan fingerprint density at radius 1 is 1.13 bits per heavy atom. The molecule has 9 heteroatoms. The van der Waals surface area contributed by atoms with Gasteiger partial charge >= 0.3 is 12.1 Å². The molecule has 0 spiro atoms. The lowest BCUT2D eigenvalue weighted by Crippen LogP contribution is -2.49.